The van der Waals surface area contributed by atoms with Crippen molar-refractivity contribution in [2.45, 2.75) is 12.5 Å². The van der Waals surface area contributed by atoms with E-state index in [1.54, 1.807) is 24.3 Å². The second kappa shape index (κ2) is 6.79. The summed E-state index contributed by atoms with van der Waals surface area (Å²) in [6.07, 6.45) is 2.46. The molecule has 1 atom stereocenters. The van der Waals surface area contributed by atoms with Gasteiger partial charge in [-0.15, -0.1) is 0 Å². The Kier molecular flexibility index (Phi) is 5.06. The number of halogens is 2. The monoisotopic (exact) mass is 313 g/mol. The quantitative estimate of drug-likeness (QED) is 0.888. The number of furan rings is 1. The van der Waals surface area contributed by atoms with Crippen molar-refractivity contribution in [3.05, 3.63) is 58.0 Å². The fourth-order valence-corrected chi connectivity index (χ4v) is 2.01. The summed E-state index contributed by atoms with van der Waals surface area (Å²) in [4.78, 5) is 11.6. The highest BCUT2D eigenvalue weighted by Crippen LogP contribution is 2.26. The number of rotatable bonds is 5. The molecule has 0 aliphatic heterocycles. The molecular formula is C14H13Cl2NO3. The second-order valence-electron chi connectivity index (χ2n) is 4.25. The predicted octanol–water partition coefficient (Wildman–Crippen LogP) is 3.44. The van der Waals surface area contributed by atoms with Crippen molar-refractivity contribution in [2.75, 3.05) is 6.54 Å². The molecular weight excluding hydrogens is 301 g/mol. The largest absolute Gasteiger partial charge is 0.472 e. The van der Waals surface area contributed by atoms with Gasteiger partial charge in [0.2, 0.25) is 0 Å². The molecule has 2 rings (SSSR count). The molecule has 0 saturated heterocycles. The third-order valence-electron chi connectivity index (χ3n) is 2.82. The van der Waals surface area contributed by atoms with Gasteiger partial charge in [0.25, 0.3) is 5.91 Å². The van der Waals surface area contributed by atoms with Crippen molar-refractivity contribution < 1.29 is 14.3 Å². The lowest BCUT2D eigenvalue weighted by Gasteiger charge is -2.12. The van der Waals surface area contributed by atoms with Crippen LogP contribution in [0.5, 0.6) is 0 Å². The van der Waals surface area contributed by atoms with Crippen LogP contribution in [-0.4, -0.2) is 17.6 Å². The van der Waals surface area contributed by atoms with E-state index in [4.69, 9.17) is 27.6 Å². The van der Waals surface area contributed by atoms with Gasteiger partial charge in [-0.2, -0.15) is 0 Å². The lowest BCUT2D eigenvalue weighted by Crippen LogP contribution is -2.25. The molecule has 4 nitrogen and oxygen atoms in total. The van der Waals surface area contributed by atoms with Crippen LogP contribution in [0.25, 0.3) is 0 Å². The van der Waals surface area contributed by atoms with Crippen molar-refractivity contribution in [1.82, 2.24) is 5.32 Å². The lowest BCUT2D eigenvalue weighted by atomic mass is 10.1. The van der Waals surface area contributed by atoms with E-state index in [9.17, 15) is 9.90 Å². The van der Waals surface area contributed by atoms with Crippen molar-refractivity contribution in [1.29, 1.82) is 0 Å². The number of nitrogens with one attached hydrogen (secondary N) is 1. The first-order valence-corrected chi connectivity index (χ1v) is 6.77. The van der Waals surface area contributed by atoms with Gasteiger partial charge >= 0.3 is 0 Å². The molecule has 0 unspecified atom stereocenters. The SMILES string of the molecule is O=C(NCC[C@@H](O)c1ccc(Cl)c(Cl)c1)c1ccoc1. The summed E-state index contributed by atoms with van der Waals surface area (Å²) in [5.41, 5.74) is 1.12. The van der Waals surface area contributed by atoms with Crippen LogP contribution in [0.15, 0.2) is 41.2 Å². The predicted molar refractivity (Wildman–Crippen MR) is 77.1 cm³/mol. The van der Waals surface area contributed by atoms with E-state index >= 15 is 0 Å². The molecule has 2 N–H and O–H groups in total. The van der Waals surface area contributed by atoms with E-state index in [1.807, 2.05) is 0 Å². The number of hydrogen-bond donors (Lipinski definition) is 2. The van der Waals surface area contributed by atoms with E-state index in [2.05, 4.69) is 5.32 Å². The van der Waals surface area contributed by atoms with Crippen molar-refractivity contribution in [3.8, 4) is 0 Å². The van der Waals surface area contributed by atoms with Crippen LogP contribution < -0.4 is 5.32 Å². The Labute approximate surface area is 126 Å². The first-order chi connectivity index (χ1) is 9.58. The minimum atomic E-state index is -0.714. The Balaban J connectivity index is 1.84. The second-order valence-corrected chi connectivity index (χ2v) is 5.06. The molecule has 0 aliphatic carbocycles. The highest BCUT2D eigenvalue weighted by molar-refractivity contribution is 6.42. The number of carbonyl (C=O) groups is 1. The minimum absolute atomic E-state index is 0.236. The fourth-order valence-electron chi connectivity index (χ4n) is 1.70. The van der Waals surface area contributed by atoms with Gasteiger partial charge in [0, 0.05) is 6.54 Å². The summed E-state index contributed by atoms with van der Waals surface area (Å²) in [7, 11) is 0. The van der Waals surface area contributed by atoms with E-state index in [-0.39, 0.29) is 5.91 Å². The summed E-state index contributed by atoms with van der Waals surface area (Å²) in [5, 5.41) is 13.5. The Morgan fingerprint density at radius 2 is 2.10 bits per heavy atom. The summed E-state index contributed by atoms with van der Waals surface area (Å²) < 4.78 is 4.82. The molecule has 106 valence electrons. The van der Waals surface area contributed by atoms with Crippen LogP contribution in [-0.2, 0) is 0 Å². The third kappa shape index (κ3) is 3.76. The minimum Gasteiger partial charge on any atom is -0.472 e. The normalized spacial score (nSPS) is 12.2. The van der Waals surface area contributed by atoms with E-state index in [0.717, 1.165) is 0 Å². The van der Waals surface area contributed by atoms with E-state index in [0.29, 0.717) is 34.1 Å². The summed E-state index contributed by atoms with van der Waals surface area (Å²) >= 11 is 11.7. The number of aliphatic hydroxyl groups is 1. The first-order valence-electron chi connectivity index (χ1n) is 6.01. The summed E-state index contributed by atoms with van der Waals surface area (Å²) in [6.45, 7) is 0.339. The van der Waals surface area contributed by atoms with Crippen molar-refractivity contribution in [3.63, 3.8) is 0 Å². The number of benzene rings is 1. The van der Waals surface area contributed by atoms with Gasteiger partial charge in [-0.1, -0.05) is 29.3 Å². The highest BCUT2D eigenvalue weighted by Gasteiger charge is 2.11. The van der Waals surface area contributed by atoms with E-state index < -0.39 is 6.10 Å². The zero-order chi connectivity index (χ0) is 14.5. The van der Waals surface area contributed by atoms with Gasteiger partial charge in [0.05, 0.1) is 28.0 Å². The maximum Gasteiger partial charge on any atom is 0.254 e. The molecule has 1 aromatic carbocycles. The smallest absolute Gasteiger partial charge is 0.254 e. The number of carbonyl (C=O) groups excluding carboxylic acids is 1. The molecule has 0 saturated carbocycles. The maximum absolute atomic E-state index is 11.6. The molecule has 0 fully saturated rings. The van der Waals surface area contributed by atoms with Gasteiger partial charge in [-0.3, -0.25) is 4.79 Å². The summed E-state index contributed by atoms with van der Waals surface area (Å²) in [5.74, 6) is -0.236. The van der Waals surface area contributed by atoms with Gasteiger partial charge < -0.3 is 14.8 Å². The third-order valence-corrected chi connectivity index (χ3v) is 3.55. The lowest BCUT2D eigenvalue weighted by molar-refractivity contribution is 0.0942. The zero-order valence-corrected chi connectivity index (χ0v) is 12.0. The highest BCUT2D eigenvalue weighted by atomic mass is 35.5. The molecule has 1 amide bonds. The average Bonchev–Trinajstić information content (AvgIpc) is 2.95. The Morgan fingerprint density at radius 3 is 2.75 bits per heavy atom. The Bertz CT molecular complexity index is 584. The number of amides is 1. The average molecular weight is 314 g/mol. The Morgan fingerprint density at radius 1 is 1.30 bits per heavy atom. The molecule has 1 aromatic heterocycles. The van der Waals surface area contributed by atoms with Crippen LogP contribution >= 0.6 is 23.2 Å². The molecule has 0 radical (unpaired) electrons. The topological polar surface area (TPSA) is 62.5 Å². The van der Waals surface area contributed by atoms with Crippen molar-refractivity contribution >= 4 is 29.1 Å². The van der Waals surface area contributed by atoms with Crippen LogP contribution in [0.3, 0.4) is 0 Å². The maximum atomic E-state index is 11.6. The van der Waals surface area contributed by atoms with Gasteiger partial charge in [-0.05, 0) is 30.2 Å². The number of hydrogen-bond acceptors (Lipinski definition) is 3. The molecule has 0 aliphatic rings. The molecule has 0 bridgehead atoms. The van der Waals surface area contributed by atoms with Crippen LogP contribution in [0.2, 0.25) is 10.0 Å². The standard InChI is InChI=1S/C14H13Cl2NO3/c15-11-2-1-9(7-12(11)16)13(18)3-5-17-14(19)10-4-6-20-8-10/h1-2,4,6-8,13,18H,3,5H2,(H,17,19)/t13-/m1/s1. The molecule has 1 heterocycles. The fraction of sp³-hybridized carbons (Fsp3) is 0.214. The molecule has 2 aromatic rings. The van der Waals surface area contributed by atoms with E-state index in [1.165, 1.54) is 12.5 Å². The van der Waals surface area contributed by atoms with Gasteiger partial charge in [0.15, 0.2) is 0 Å². The van der Waals surface area contributed by atoms with Crippen LogP contribution in [0.1, 0.15) is 28.4 Å². The van der Waals surface area contributed by atoms with Crippen LogP contribution in [0, 0.1) is 0 Å². The molecule has 0 spiro atoms. The first kappa shape index (κ1) is 14.9. The van der Waals surface area contributed by atoms with Crippen LogP contribution in [0.4, 0.5) is 0 Å². The molecule has 20 heavy (non-hydrogen) atoms. The van der Waals surface area contributed by atoms with Gasteiger partial charge in [-0.25, -0.2) is 0 Å². The Hall–Kier alpha value is -1.49. The van der Waals surface area contributed by atoms with Crippen molar-refractivity contribution in [2.24, 2.45) is 0 Å². The summed E-state index contributed by atoms with van der Waals surface area (Å²) in [6, 6.07) is 6.53. The van der Waals surface area contributed by atoms with Gasteiger partial charge in [0.1, 0.15) is 6.26 Å². The molecule has 6 heteroatoms. The zero-order valence-electron chi connectivity index (χ0n) is 10.5. The number of aliphatic hydroxyl groups excluding tert-OH is 1.